The van der Waals surface area contributed by atoms with Gasteiger partial charge in [-0.1, -0.05) is 23.8 Å². The molecule has 0 spiro atoms. The molecule has 2 unspecified atom stereocenters. The Hall–Kier alpha value is -2.72. The summed E-state index contributed by atoms with van der Waals surface area (Å²) in [5.74, 6) is -2.33. The number of nitrogens with zero attached hydrogens (tertiary/aromatic N) is 2. The molecule has 1 saturated carbocycles. The average Bonchev–Trinajstić information content (AvgIpc) is 3.75. The molecule has 4 rings (SSSR count). The van der Waals surface area contributed by atoms with Crippen molar-refractivity contribution in [3.8, 4) is 0 Å². The first-order chi connectivity index (χ1) is 18.9. The fourth-order valence-corrected chi connectivity index (χ4v) is 5.70. The van der Waals surface area contributed by atoms with Crippen LogP contribution in [0.4, 0.5) is 18.9 Å². The number of hydrogen-bond donors (Lipinski definition) is 2. The van der Waals surface area contributed by atoms with Gasteiger partial charge in [-0.2, -0.15) is 13.2 Å². The van der Waals surface area contributed by atoms with E-state index in [1.54, 1.807) is 6.07 Å². The molecule has 220 valence electrons. The van der Waals surface area contributed by atoms with Gasteiger partial charge < -0.3 is 25.0 Å². The summed E-state index contributed by atoms with van der Waals surface area (Å²) in [4.78, 5) is 28.5. The molecular weight excluding hydrogens is 547 g/mol. The van der Waals surface area contributed by atoms with E-state index in [4.69, 9.17) is 16.3 Å². The molecule has 0 bridgehead atoms. The average molecular weight is 584 g/mol. The van der Waals surface area contributed by atoms with E-state index in [1.807, 2.05) is 12.1 Å². The SMILES string of the molecule is COC1=CC=CC(C(O)(C(=O)N(C)CCCC2CCN(c3ccc(C(=O)NC4CC4)c(Cl)c3)CC2)C(F)(F)F)C1. The maximum absolute atomic E-state index is 14.0. The molecule has 0 aromatic heterocycles. The smallest absolute Gasteiger partial charge is 0.426 e. The number of ether oxygens (including phenoxy) is 1. The van der Waals surface area contributed by atoms with Gasteiger partial charge in [0.1, 0.15) is 0 Å². The first kappa shape index (κ1) is 30.2. The van der Waals surface area contributed by atoms with Gasteiger partial charge in [0.25, 0.3) is 11.8 Å². The Kier molecular flexibility index (Phi) is 9.40. The predicted molar refractivity (Wildman–Crippen MR) is 147 cm³/mol. The van der Waals surface area contributed by atoms with Crippen LogP contribution in [0.5, 0.6) is 0 Å². The van der Waals surface area contributed by atoms with Crippen LogP contribution in [0.25, 0.3) is 0 Å². The summed E-state index contributed by atoms with van der Waals surface area (Å²) < 4.78 is 47.2. The molecule has 1 aromatic carbocycles. The number of allylic oxidation sites excluding steroid dienone is 3. The van der Waals surface area contributed by atoms with Crippen molar-refractivity contribution in [2.24, 2.45) is 11.8 Å². The van der Waals surface area contributed by atoms with Gasteiger partial charge >= 0.3 is 6.18 Å². The molecular formula is C29H37ClF3N3O4. The summed E-state index contributed by atoms with van der Waals surface area (Å²) in [6, 6.07) is 5.74. The van der Waals surface area contributed by atoms with E-state index >= 15 is 0 Å². The van der Waals surface area contributed by atoms with E-state index in [2.05, 4.69) is 10.2 Å². The second kappa shape index (κ2) is 12.4. The van der Waals surface area contributed by atoms with E-state index in [0.717, 1.165) is 55.8 Å². The molecule has 1 aromatic rings. The highest BCUT2D eigenvalue weighted by atomic mass is 35.5. The molecule has 2 fully saturated rings. The minimum absolute atomic E-state index is 0.112. The van der Waals surface area contributed by atoms with Gasteiger partial charge in [-0.05, 0) is 68.7 Å². The molecule has 1 heterocycles. The topological polar surface area (TPSA) is 82.1 Å². The van der Waals surface area contributed by atoms with Crippen molar-refractivity contribution >= 4 is 29.1 Å². The van der Waals surface area contributed by atoms with Crippen LogP contribution in [-0.2, 0) is 9.53 Å². The number of carbonyl (C=O) groups excluding carboxylic acids is 2. The number of halogens is 4. The zero-order valence-corrected chi connectivity index (χ0v) is 23.6. The molecule has 11 heteroatoms. The molecule has 2 N–H and O–H groups in total. The summed E-state index contributed by atoms with van der Waals surface area (Å²) in [5.41, 5.74) is -2.11. The number of aliphatic hydroxyl groups is 1. The number of piperidine rings is 1. The summed E-state index contributed by atoms with van der Waals surface area (Å²) in [7, 11) is 2.65. The number of anilines is 1. The lowest BCUT2D eigenvalue weighted by molar-refractivity contribution is -0.268. The van der Waals surface area contributed by atoms with Gasteiger partial charge in [0.05, 0.1) is 23.5 Å². The third kappa shape index (κ3) is 6.77. The Bertz CT molecular complexity index is 1150. The van der Waals surface area contributed by atoms with Crippen LogP contribution < -0.4 is 10.2 Å². The Morgan fingerprint density at radius 3 is 2.50 bits per heavy atom. The molecule has 2 atom stereocenters. The van der Waals surface area contributed by atoms with E-state index in [9.17, 15) is 27.9 Å². The van der Waals surface area contributed by atoms with Crippen LogP contribution in [0.2, 0.25) is 5.02 Å². The molecule has 0 radical (unpaired) electrons. The van der Waals surface area contributed by atoms with Crippen molar-refractivity contribution < 1.29 is 32.6 Å². The Morgan fingerprint density at radius 2 is 1.90 bits per heavy atom. The van der Waals surface area contributed by atoms with Gasteiger partial charge in [0.15, 0.2) is 0 Å². The van der Waals surface area contributed by atoms with Gasteiger partial charge in [0, 0.05) is 50.7 Å². The van der Waals surface area contributed by atoms with Crippen molar-refractivity contribution in [2.75, 3.05) is 38.7 Å². The number of amides is 2. The van der Waals surface area contributed by atoms with Gasteiger partial charge in [-0.25, -0.2) is 0 Å². The van der Waals surface area contributed by atoms with Crippen molar-refractivity contribution in [1.82, 2.24) is 10.2 Å². The van der Waals surface area contributed by atoms with Gasteiger partial charge in [-0.3, -0.25) is 9.59 Å². The number of methoxy groups -OCH3 is 1. The van der Waals surface area contributed by atoms with Crippen LogP contribution >= 0.6 is 11.6 Å². The fraction of sp³-hybridized carbons (Fsp3) is 0.586. The molecule has 2 aliphatic carbocycles. The number of hydrogen-bond acceptors (Lipinski definition) is 5. The van der Waals surface area contributed by atoms with Crippen molar-refractivity contribution in [1.29, 1.82) is 0 Å². The third-order valence-electron chi connectivity index (χ3n) is 8.15. The van der Waals surface area contributed by atoms with Crippen LogP contribution in [0, 0.1) is 11.8 Å². The Morgan fingerprint density at radius 1 is 1.20 bits per heavy atom. The molecule has 1 aliphatic heterocycles. The lowest BCUT2D eigenvalue weighted by Gasteiger charge is -2.38. The largest absolute Gasteiger partial charge is 0.501 e. The molecule has 1 saturated heterocycles. The lowest BCUT2D eigenvalue weighted by Crippen LogP contribution is -2.61. The first-order valence-electron chi connectivity index (χ1n) is 13.8. The van der Waals surface area contributed by atoms with E-state index in [-0.39, 0.29) is 30.7 Å². The van der Waals surface area contributed by atoms with Gasteiger partial charge in [-0.15, -0.1) is 0 Å². The highest BCUT2D eigenvalue weighted by molar-refractivity contribution is 6.34. The number of alkyl halides is 3. The zero-order valence-electron chi connectivity index (χ0n) is 22.8. The number of benzene rings is 1. The summed E-state index contributed by atoms with van der Waals surface area (Å²) >= 11 is 6.40. The van der Waals surface area contributed by atoms with E-state index in [1.165, 1.54) is 32.4 Å². The minimum Gasteiger partial charge on any atom is -0.501 e. The van der Waals surface area contributed by atoms with E-state index < -0.39 is 23.6 Å². The van der Waals surface area contributed by atoms with Crippen molar-refractivity contribution in [3.63, 3.8) is 0 Å². The maximum Gasteiger partial charge on any atom is 0.426 e. The van der Waals surface area contributed by atoms with Gasteiger partial charge in [0.2, 0.25) is 5.60 Å². The lowest BCUT2D eigenvalue weighted by atomic mass is 9.80. The molecule has 7 nitrogen and oxygen atoms in total. The van der Waals surface area contributed by atoms with Crippen LogP contribution in [-0.4, -0.2) is 73.4 Å². The second-order valence-electron chi connectivity index (χ2n) is 11.0. The minimum atomic E-state index is -5.14. The third-order valence-corrected chi connectivity index (χ3v) is 8.46. The predicted octanol–water partition coefficient (Wildman–Crippen LogP) is 5.09. The number of rotatable bonds is 10. The molecule has 40 heavy (non-hydrogen) atoms. The Balaban J connectivity index is 1.26. The Labute approximate surface area is 238 Å². The fourth-order valence-electron chi connectivity index (χ4n) is 5.44. The van der Waals surface area contributed by atoms with Crippen LogP contribution in [0.15, 0.2) is 42.2 Å². The quantitative estimate of drug-likeness (QED) is 0.401. The normalized spacial score (nSPS) is 21.4. The summed E-state index contributed by atoms with van der Waals surface area (Å²) in [6.45, 7) is 1.70. The summed E-state index contributed by atoms with van der Waals surface area (Å²) in [5, 5.41) is 14.1. The maximum atomic E-state index is 14.0. The monoisotopic (exact) mass is 583 g/mol. The highest BCUT2D eigenvalue weighted by Gasteiger charge is 2.64. The molecule has 2 amide bonds. The van der Waals surface area contributed by atoms with Crippen molar-refractivity contribution in [2.45, 2.75) is 62.8 Å². The van der Waals surface area contributed by atoms with E-state index in [0.29, 0.717) is 22.9 Å². The first-order valence-corrected chi connectivity index (χ1v) is 14.1. The second-order valence-corrected chi connectivity index (χ2v) is 11.4. The number of nitrogens with one attached hydrogen (secondary N) is 1. The van der Waals surface area contributed by atoms with Crippen molar-refractivity contribution in [3.05, 3.63) is 52.8 Å². The summed E-state index contributed by atoms with van der Waals surface area (Å²) in [6.07, 6.45) is 3.82. The number of carbonyl (C=O) groups is 2. The number of likely N-dealkylation sites (N-methyl/N-ethyl adjacent to an activating group) is 1. The zero-order chi connectivity index (χ0) is 29.1. The highest BCUT2D eigenvalue weighted by Crippen LogP contribution is 2.42. The van der Waals surface area contributed by atoms with Crippen LogP contribution in [0.1, 0.15) is 55.3 Å². The molecule has 3 aliphatic rings. The van der Waals surface area contributed by atoms with Crippen LogP contribution in [0.3, 0.4) is 0 Å². The standard InChI is InChI=1S/C29H37ClF3N3O4/c1-35(27(38)28(39,29(31,32)33)20-6-3-7-23(17-20)40-2)14-4-5-19-12-15-36(16-13-19)22-10-11-24(25(30)18-22)26(37)34-21-8-9-21/h3,6-7,10-11,18-21,39H,4-5,8-9,12-17H2,1-2H3,(H,34,37).